The molecule has 0 unspecified atom stereocenters. The minimum absolute atomic E-state index is 0.104. The van der Waals surface area contributed by atoms with Gasteiger partial charge in [0, 0.05) is 43.0 Å². The third-order valence-corrected chi connectivity index (χ3v) is 4.25. The van der Waals surface area contributed by atoms with Crippen molar-refractivity contribution in [3.63, 3.8) is 0 Å². The van der Waals surface area contributed by atoms with Gasteiger partial charge in [-0.1, -0.05) is 6.92 Å². The SMILES string of the molecule is CCc1cc(N2CCN(C(=O)OC(C)(C)C)C[C@@H]2C)ccc1[N+](=O)[O-]. The molecule has 1 aliphatic rings. The zero-order valence-electron chi connectivity index (χ0n) is 15.6. The number of ether oxygens (including phenoxy) is 1. The summed E-state index contributed by atoms with van der Waals surface area (Å²) in [6.07, 6.45) is 0.313. The third kappa shape index (κ3) is 4.61. The summed E-state index contributed by atoms with van der Waals surface area (Å²) in [4.78, 5) is 26.9. The van der Waals surface area contributed by atoms with Crippen molar-refractivity contribution in [2.45, 2.75) is 52.7 Å². The van der Waals surface area contributed by atoms with Gasteiger partial charge < -0.3 is 14.5 Å². The second kappa shape index (κ2) is 7.29. The first kappa shape index (κ1) is 19.0. The van der Waals surface area contributed by atoms with Crippen LogP contribution in [0.3, 0.4) is 0 Å². The molecule has 7 heteroatoms. The summed E-state index contributed by atoms with van der Waals surface area (Å²) < 4.78 is 5.44. The van der Waals surface area contributed by atoms with E-state index in [1.165, 1.54) is 0 Å². The maximum absolute atomic E-state index is 12.2. The average molecular weight is 349 g/mol. The molecule has 138 valence electrons. The summed E-state index contributed by atoms with van der Waals surface area (Å²) in [5.41, 5.74) is 1.33. The number of rotatable bonds is 3. The number of amides is 1. The molecule has 7 nitrogen and oxygen atoms in total. The van der Waals surface area contributed by atoms with Crippen LogP contribution in [0.15, 0.2) is 18.2 Å². The van der Waals surface area contributed by atoms with Crippen molar-refractivity contribution in [1.82, 2.24) is 4.90 Å². The van der Waals surface area contributed by atoms with Gasteiger partial charge in [-0.25, -0.2) is 4.79 Å². The van der Waals surface area contributed by atoms with E-state index in [0.29, 0.717) is 26.1 Å². The molecule has 0 spiro atoms. The van der Waals surface area contributed by atoms with Crippen molar-refractivity contribution >= 4 is 17.5 Å². The second-order valence-corrected chi connectivity index (χ2v) is 7.39. The van der Waals surface area contributed by atoms with Crippen LogP contribution < -0.4 is 4.90 Å². The highest BCUT2D eigenvalue weighted by Crippen LogP contribution is 2.28. The molecule has 2 rings (SSSR count). The Bertz CT molecular complexity index is 654. The number of carbonyl (C=O) groups is 1. The quantitative estimate of drug-likeness (QED) is 0.615. The fourth-order valence-corrected chi connectivity index (χ4v) is 3.05. The van der Waals surface area contributed by atoms with E-state index in [1.807, 2.05) is 40.7 Å². The summed E-state index contributed by atoms with van der Waals surface area (Å²) >= 11 is 0. The predicted molar refractivity (Wildman–Crippen MR) is 97.1 cm³/mol. The third-order valence-electron chi connectivity index (χ3n) is 4.25. The highest BCUT2D eigenvalue weighted by molar-refractivity contribution is 5.69. The Labute approximate surface area is 148 Å². The molecule has 1 aromatic carbocycles. The van der Waals surface area contributed by atoms with E-state index in [9.17, 15) is 14.9 Å². The van der Waals surface area contributed by atoms with Gasteiger partial charge in [0.1, 0.15) is 5.60 Å². The maximum atomic E-state index is 12.2. The lowest BCUT2D eigenvalue weighted by Crippen LogP contribution is -2.54. The molecule has 1 atom stereocenters. The van der Waals surface area contributed by atoms with Crippen molar-refractivity contribution < 1.29 is 14.5 Å². The number of benzene rings is 1. The number of nitro benzene ring substituents is 1. The lowest BCUT2D eigenvalue weighted by Gasteiger charge is -2.41. The topological polar surface area (TPSA) is 75.9 Å². The van der Waals surface area contributed by atoms with E-state index in [2.05, 4.69) is 4.90 Å². The Morgan fingerprint density at radius 3 is 2.56 bits per heavy atom. The smallest absolute Gasteiger partial charge is 0.410 e. The number of carbonyl (C=O) groups excluding carboxylic acids is 1. The number of nitro groups is 1. The van der Waals surface area contributed by atoms with Crippen LogP contribution in [0.25, 0.3) is 0 Å². The van der Waals surface area contributed by atoms with E-state index in [-0.39, 0.29) is 22.7 Å². The van der Waals surface area contributed by atoms with Gasteiger partial charge in [-0.05, 0) is 46.2 Å². The highest BCUT2D eigenvalue weighted by Gasteiger charge is 2.30. The summed E-state index contributed by atoms with van der Waals surface area (Å²) in [6.45, 7) is 11.3. The molecule has 1 saturated heterocycles. The molecule has 0 N–H and O–H groups in total. The van der Waals surface area contributed by atoms with E-state index >= 15 is 0 Å². The van der Waals surface area contributed by atoms with Crippen LogP contribution in [0.2, 0.25) is 0 Å². The molecule has 0 bridgehead atoms. The molecule has 0 radical (unpaired) electrons. The molecule has 1 amide bonds. The summed E-state index contributed by atoms with van der Waals surface area (Å²) in [5, 5.41) is 11.1. The molecular formula is C18H27N3O4. The van der Waals surface area contributed by atoms with E-state index in [1.54, 1.807) is 17.0 Å². The lowest BCUT2D eigenvalue weighted by molar-refractivity contribution is -0.385. The average Bonchev–Trinajstić information content (AvgIpc) is 2.52. The van der Waals surface area contributed by atoms with Crippen LogP contribution >= 0.6 is 0 Å². The van der Waals surface area contributed by atoms with Crippen molar-refractivity contribution in [1.29, 1.82) is 0 Å². The first-order chi connectivity index (χ1) is 11.6. The molecule has 0 aromatic heterocycles. The molecule has 1 heterocycles. The van der Waals surface area contributed by atoms with Crippen LogP contribution in [0.5, 0.6) is 0 Å². The summed E-state index contributed by atoms with van der Waals surface area (Å²) in [5.74, 6) is 0. The Balaban J connectivity index is 2.11. The highest BCUT2D eigenvalue weighted by atomic mass is 16.6. The van der Waals surface area contributed by atoms with Gasteiger partial charge in [0.05, 0.1) is 4.92 Å². The Morgan fingerprint density at radius 1 is 1.36 bits per heavy atom. The van der Waals surface area contributed by atoms with Crippen molar-refractivity contribution in [3.8, 4) is 0 Å². The molecule has 25 heavy (non-hydrogen) atoms. The van der Waals surface area contributed by atoms with Gasteiger partial charge in [-0.15, -0.1) is 0 Å². The Kier molecular flexibility index (Phi) is 5.55. The standard InChI is InChI=1S/C18H27N3O4/c1-6-14-11-15(7-8-16(14)21(23)24)20-10-9-19(12-13(20)2)17(22)25-18(3,4)5/h7-8,11,13H,6,9-10,12H2,1-5H3/t13-/m0/s1. The number of hydrogen-bond donors (Lipinski definition) is 0. The van der Waals surface area contributed by atoms with Gasteiger partial charge in [0.25, 0.3) is 5.69 Å². The van der Waals surface area contributed by atoms with Crippen LogP contribution in [0, 0.1) is 10.1 Å². The van der Waals surface area contributed by atoms with Crippen molar-refractivity contribution in [3.05, 3.63) is 33.9 Å². The largest absolute Gasteiger partial charge is 0.444 e. The van der Waals surface area contributed by atoms with Crippen LogP contribution in [-0.4, -0.2) is 47.2 Å². The number of hydrogen-bond acceptors (Lipinski definition) is 5. The van der Waals surface area contributed by atoms with Crippen LogP contribution in [0.1, 0.15) is 40.2 Å². The Morgan fingerprint density at radius 2 is 2.04 bits per heavy atom. The lowest BCUT2D eigenvalue weighted by atomic mass is 10.1. The minimum Gasteiger partial charge on any atom is -0.444 e. The fourth-order valence-electron chi connectivity index (χ4n) is 3.05. The minimum atomic E-state index is -0.508. The molecule has 1 aliphatic heterocycles. The molecule has 0 aliphatic carbocycles. The predicted octanol–water partition coefficient (Wildman–Crippen LogP) is 3.60. The van der Waals surface area contributed by atoms with Gasteiger partial charge in [-0.3, -0.25) is 10.1 Å². The van der Waals surface area contributed by atoms with Crippen molar-refractivity contribution in [2.24, 2.45) is 0 Å². The normalized spacial score (nSPS) is 18.2. The zero-order valence-corrected chi connectivity index (χ0v) is 15.6. The van der Waals surface area contributed by atoms with Gasteiger partial charge in [-0.2, -0.15) is 0 Å². The Hall–Kier alpha value is -2.31. The molecular weight excluding hydrogens is 322 g/mol. The zero-order chi connectivity index (χ0) is 18.8. The first-order valence-corrected chi connectivity index (χ1v) is 8.64. The van der Waals surface area contributed by atoms with E-state index in [4.69, 9.17) is 4.74 Å². The van der Waals surface area contributed by atoms with Gasteiger partial charge >= 0.3 is 6.09 Å². The second-order valence-electron chi connectivity index (χ2n) is 7.39. The van der Waals surface area contributed by atoms with Crippen LogP contribution in [0.4, 0.5) is 16.2 Å². The van der Waals surface area contributed by atoms with Gasteiger partial charge in [0.2, 0.25) is 0 Å². The fraction of sp³-hybridized carbons (Fsp3) is 0.611. The number of nitrogens with zero attached hydrogens (tertiary/aromatic N) is 3. The summed E-state index contributed by atoms with van der Waals surface area (Å²) in [6, 6.07) is 5.35. The molecule has 1 aromatic rings. The maximum Gasteiger partial charge on any atom is 0.410 e. The molecule has 0 saturated carbocycles. The summed E-state index contributed by atoms with van der Waals surface area (Å²) in [7, 11) is 0. The van der Waals surface area contributed by atoms with E-state index in [0.717, 1.165) is 11.3 Å². The number of aryl methyl sites for hydroxylation is 1. The monoisotopic (exact) mass is 349 g/mol. The number of anilines is 1. The van der Waals surface area contributed by atoms with Crippen LogP contribution in [-0.2, 0) is 11.2 Å². The van der Waals surface area contributed by atoms with Crippen molar-refractivity contribution in [2.75, 3.05) is 24.5 Å². The molecule has 1 fully saturated rings. The van der Waals surface area contributed by atoms with Gasteiger partial charge in [0.15, 0.2) is 0 Å². The number of piperazine rings is 1. The first-order valence-electron chi connectivity index (χ1n) is 8.64. The van der Waals surface area contributed by atoms with E-state index < -0.39 is 5.60 Å².